The van der Waals surface area contributed by atoms with Gasteiger partial charge in [0.1, 0.15) is 10.8 Å². The molecule has 21 heavy (non-hydrogen) atoms. The lowest BCUT2D eigenvalue weighted by atomic mass is 10.2. The normalized spacial score (nSPS) is 11.0. The molecule has 3 aromatic rings. The molecule has 0 aliphatic rings. The van der Waals surface area contributed by atoms with E-state index in [1.54, 1.807) is 19.1 Å². The summed E-state index contributed by atoms with van der Waals surface area (Å²) in [4.78, 5) is 20.2. The number of H-pyrrole nitrogens is 1. The molecule has 8 heteroatoms. The zero-order valence-electron chi connectivity index (χ0n) is 11.0. The molecule has 0 fully saturated rings. The predicted molar refractivity (Wildman–Crippen MR) is 77.1 cm³/mol. The van der Waals surface area contributed by atoms with Gasteiger partial charge in [-0.1, -0.05) is 23.7 Å². The predicted octanol–water partition coefficient (Wildman–Crippen LogP) is 2.13. The SMILES string of the molecule is Cc1nc2nc(NCc3ccc(F)cc3)[nH]n2c(=O)c1Cl. The number of aromatic amines is 1. The third-order valence-electron chi connectivity index (χ3n) is 2.98. The maximum Gasteiger partial charge on any atom is 0.293 e. The van der Waals surface area contributed by atoms with Crippen molar-refractivity contribution in [2.24, 2.45) is 0 Å². The Morgan fingerprint density at radius 3 is 2.76 bits per heavy atom. The zero-order valence-corrected chi connectivity index (χ0v) is 11.8. The lowest BCUT2D eigenvalue weighted by Crippen LogP contribution is -2.17. The van der Waals surface area contributed by atoms with Gasteiger partial charge in [-0.05, 0) is 24.6 Å². The summed E-state index contributed by atoms with van der Waals surface area (Å²) in [6, 6.07) is 6.09. The van der Waals surface area contributed by atoms with Crippen molar-refractivity contribution in [2.45, 2.75) is 13.5 Å². The largest absolute Gasteiger partial charge is 0.351 e. The molecule has 2 heterocycles. The number of halogens is 2. The van der Waals surface area contributed by atoms with Gasteiger partial charge in [0.05, 0.1) is 5.69 Å². The number of rotatable bonds is 3. The molecule has 2 aromatic heterocycles. The second kappa shape index (κ2) is 5.17. The Kier molecular flexibility index (Phi) is 3.34. The molecular formula is C13H11ClFN5O. The standard InChI is InChI=1S/C13H11ClFN5O/c1-7-10(14)11(21)20-13(17-7)18-12(19-20)16-6-8-2-4-9(15)5-3-8/h2-5H,6H2,1H3,(H2,16,17,18,19). The highest BCUT2D eigenvalue weighted by Crippen LogP contribution is 2.10. The third kappa shape index (κ3) is 2.59. The zero-order chi connectivity index (χ0) is 15.0. The number of fused-ring (bicyclic) bond motifs is 1. The number of nitrogens with one attached hydrogen (secondary N) is 2. The molecule has 2 N–H and O–H groups in total. The monoisotopic (exact) mass is 307 g/mol. The molecule has 0 aliphatic heterocycles. The Labute approximate surface area is 123 Å². The molecule has 0 saturated carbocycles. The fourth-order valence-electron chi connectivity index (χ4n) is 1.87. The van der Waals surface area contributed by atoms with Gasteiger partial charge in [0.15, 0.2) is 0 Å². The van der Waals surface area contributed by atoms with Crippen molar-refractivity contribution in [1.29, 1.82) is 0 Å². The number of anilines is 1. The van der Waals surface area contributed by atoms with Crippen molar-refractivity contribution in [2.75, 3.05) is 5.32 Å². The van der Waals surface area contributed by atoms with Gasteiger partial charge in [-0.25, -0.2) is 9.37 Å². The average molecular weight is 308 g/mol. The van der Waals surface area contributed by atoms with E-state index >= 15 is 0 Å². The van der Waals surface area contributed by atoms with Crippen LogP contribution in [0.2, 0.25) is 5.02 Å². The van der Waals surface area contributed by atoms with Crippen molar-refractivity contribution in [3.63, 3.8) is 0 Å². The Balaban J connectivity index is 1.86. The topological polar surface area (TPSA) is 75.1 Å². The van der Waals surface area contributed by atoms with Gasteiger partial charge in [-0.2, -0.15) is 9.50 Å². The lowest BCUT2D eigenvalue weighted by Gasteiger charge is -2.02. The van der Waals surface area contributed by atoms with Gasteiger partial charge in [0.25, 0.3) is 11.3 Å². The van der Waals surface area contributed by atoms with Crippen LogP contribution in [0.25, 0.3) is 5.78 Å². The molecule has 0 amide bonds. The minimum absolute atomic E-state index is 0.0567. The average Bonchev–Trinajstić information content (AvgIpc) is 2.87. The van der Waals surface area contributed by atoms with Crippen LogP contribution in [0.5, 0.6) is 0 Å². The minimum Gasteiger partial charge on any atom is -0.351 e. The van der Waals surface area contributed by atoms with Crippen LogP contribution in [0.1, 0.15) is 11.3 Å². The van der Waals surface area contributed by atoms with E-state index in [-0.39, 0.29) is 16.6 Å². The van der Waals surface area contributed by atoms with Gasteiger partial charge < -0.3 is 5.32 Å². The van der Waals surface area contributed by atoms with E-state index in [2.05, 4.69) is 20.4 Å². The molecule has 108 valence electrons. The molecular weight excluding hydrogens is 297 g/mol. The van der Waals surface area contributed by atoms with E-state index in [9.17, 15) is 9.18 Å². The number of hydrogen-bond donors (Lipinski definition) is 2. The summed E-state index contributed by atoms with van der Waals surface area (Å²) >= 11 is 5.85. The van der Waals surface area contributed by atoms with Crippen LogP contribution in [0.4, 0.5) is 10.3 Å². The molecule has 6 nitrogen and oxygen atoms in total. The Morgan fingerprint density at radius 2 is 2.05 bits per heavy atom. The van der Waals surface area contributed by atoms with Crippen LogP contribution in [0, 0.1) is 12.7 Å². The van der Waals surface area contributed by atoms with E-state index in [4.69, 9.17) is 11.6 Å². The molecule has 0 spiro atoms. The van der Waals surface area contributed by atoms with Gasteiger partial charge in [0.2, 0.25) is 5.95 Å². The minimum atomic E-state index is -0.401. The van der Waals surface area contributed by atoms with Crippen LogP contribution in [-0.4, -0.2) is 19.6 Å². The highest BCUT2D eigenvalue weighted by atomic mass is 35.5. The van der Waals surface area contributed by atoms with E-state index in [1.807, 2.05) is 0 Å². The fraction of sp³-hybridized carbons (Fsp3) is 0.154. The van der Waals surface area contributed by atoms with Crippen molar-refractivity contribution in [3.05, 3.63) is 56.7 Å². The molecule has 0 unspecified atom stereocenters. The first-order chi connectivity index (χ1) is 10.0. The van der Waals surface area contributed by atoms with Gasteiger partial charge in [-0.15, -0.1) is 0 Å². The second-order valence-electron chi connectivity index (χ2n) is 4.50. The fourth-order valence-corrected chi connectivity index (χ4v) is 1.99. The van der Waals surface area contributed by atoms with E-state index in [0.717, 1.165) is 5.56 Å². The number of hydrogen-bond acceptors (Lipinski definition) is 4. The van der Waals surface area contributed by atoms with Crippen LogP contribution in [-0.2, 0) is 6.54 Å². The summed E-state index contributed by atoms with van der Waals surface area (Å²) in [5, 5.41) is 5.84. The first-order valence-corrected chi connectivity index (χ1v) is 6.55. The van der Waals surface area contributed by atoms with Crippen molar-refractivity contribution in [1.82, 2.24) is 19.6 Å². The lowest BCUT2D eigenvalue weighted by molar-refractivity contribution is 0.627. The number of benzene rings is 1. The van der Waals surface area contributed by atoms with Crippen molar-refractivity contribution < 1.29 is 4.39 Å². The molecule has 0 saturated heterocycles. The first kappa shape index (κ1) is 13.6. The van der Waals surface area contributed by atoms with Crippen LogP contribution in [0.3, 0.4) is 0 Å². The number of nitrogens with zero attached hydrogens (tertiary/aromatic N) is 3. The smallest absolute Gasteiger partial charge is 0.293 e. The summed E-state index contributed by atoms with van der Waals surface area (Å²) in [6.07, 6.45) is 0. The second-order valence-corrected chi connectivity index (χ2v) is 4.88. The summed E-state index contributed by atoms with van der Waals surface area (Å²) in [5.41, 5.74) is 0.908. The van der Waals surface area contributed by atoms with E-state index in [0.29, 0.717) is 18.2 Å². The molecule has 0 atom stereocenters. The maximum absolute atomic E-state index is 12.8. The van der Waals surface area contributed by atoms with Gasteiger partial charge in [-0.3, -0.25) is 9.89 Å². The van der Waals surface area contributed by atoms with E-state index in [1.165, 1.54) is 16.6 Å². The first-order valence-electron chi connectivity index (χ1n) is 6.18. The van der Waals surface area contributed by atoms with Gasteiger partial charge >= 0.3 is 0 Å². The summed E-state index contributed by atoms with van der Waals surface area (Å²) in [7, 11) is 0. The Bertz CT molecular complexity index is 855. The number of aryl methyl sites for hydroxylation is 1. The van der Waals surface area contributed by atoms with Gasteiger partial charge in [0, 0.05) is 6.54 Å². The molecule has 1 aromatic carbocycles. The van der Waals surface area contributed by atoms with E-state index < -0.39 is 5.56 Å². The van der Waals surface area contributed by atoms with Crippen LogP contribution in [0.15, 0.2) is 29.1 Å². The Hall–Kier alpha value is -2.41. The van der Waals surface area contributed by atoms with Crippen molar-refractivity contribution >= 4 is 23.3 Å². The highest BCUT2D eigenvalue weighted by Gasteiger charge is 2.11. The maximum atomic E-state index is 12.8. The highest BCUT2D eigenvalue weighted by molar-refractivity contribution is 6.31. The van der Waals surface area contributed by atoms with Crippen LogP contribution >= 0.6 is 11.6 Å². The van der Waals surface area contributed by atoms with Crippen LogP contribution < -0.4 is 10.9 Å². The summed E-state index contributed by atoms with van der Waals surface area (Å²) in [6.45, 7) is 2.07. The molecule has 0 aliphatic carbocycles. The third-order valence-corrected chi connectivity index (χ3v) is 3.41. The summed E-state index contributed by atoms with van der Waals surface area (Å²) < 4.78 is 14.0. The molecule has 3 rings (SSSR count). The van der Waals surface area contributed by atoms with Crippen molar-refractivity contribution in [3.8, 4) is 0 Å². The summed E-state index contributed by atoms with van der Waals surface area (Å²) in [5.74, 6) is 0.331. The molecule has 0 radical (unpaired) electrons. The number of aromatic nitrogens is 4. The Morgan fingerprint density at radius 1 is 1.33 bits per heavy atom. The quantitative estimate of drug-likeness (QED) is 0.777. The molecule has 0 bridgehead atoms.